The molecule has 2 aromatic carbocycles. The van der Waals surface area contributed by atoms with E-state index in [1.807, 2.05) is 6.07 Å². The van der Waals surface area contributed by atoms with Gasteiger partial charge in [-0.05, 0) is 74.6 Å². The van der Waals surface area contributed by atoms with E-state index in [4.69, 9.17) is 21.6 Å². The van der Waals surface area contributed by atoms with E-state index in [0.717, 1.165) is 32.4 Å². The average molecular weight is 495 g/mol. The number of aryl methyl sites for hydroxylation is 2. The number of halogens is 1. The SMILES string of the molecule is Cc1cc(C)cc(N2CC[C@H](Oc3ccc(NC(=O)[C@H]4CCCCN4C(=O)CC#N)cc3Cl)C2)c1. The van der Waals surface area contributed by atoms with Crippen molar-refractivity contribution in [3.63, 3.8) is 0 Å². The number of amides is 2. The van der Waals surface area contributed by atoms with Crippen molar-refractivity contribution in [2.45, 2.75) is 58.1 Å². The lowest BCUT2D eigenvalue weighted by atomic mass is 10.0. The Balaban J connectivity index is 1.37. The number of anilines is 2. The van der Waals surface area contributed by atoms with Gasteiger partial charge in [0.2, 0.25) is 11.8 Å². The quantitative estimate of drug-likeness (QED) is 0.620. The van der Waals surface area contributed by atoms with E-state index < -0.39 is 6.04 Å². The standard InChI is InChI=1S/C27H31ClN4O3/c1-18-13-19(2)15-21(14-18)31-12-9-22(17-31)35-25-7-6-20(16-23(25)28)30-27(34)24-5-3-4-11-32(24)26(33)8-10-29/h6-7,13-16,22,24H,3-5,8-9,11-12,17H2,1-2H3,(H,30,34)/t22-,24+/m0/s1. The Morgan fingerprint density at radius 1 is 1.11 bits per heavy atom. The molecule has 2 aliphatic heterocycles. The second kappa shape index (κ2) is 11.0. The van der Waals surface area contributed by atoms with Gasteiger partial charge in [-0.25, -0.2) is 0 Å². The molecule has 4 rings (SSSR count). The molecule has 7 nitrogen and oxygen atoms in total. The molecule has 8 heteroatoms. The van der Waals surface area contributed by atoms with Crippen molar-refractivity contribution in [2.24, 2.45) is 0 Å². The fraction of sp³-hybridized carbons (Fsp3) is 0.444. The number of rotatable bonds is 6. The third-order valence-corrected chi connectivity index (χ3v) is 6.86. The maximum absolute atomic E-state index is 12.9. The first-order valence-corrected chi connectivity index (χ1v) is 12.5. The highest BCUT2D eigenvalue weighted by atomic mass is 35.5. The number of nitrogens with zero attached hydrogens (tertiary/aromatic N) is 3. The fourth-order valence-electron chi connectivity index (χ4n) is 4.94. The molecular weight excluding hydrogens is 464 g/mol. The van der Waals surface area contributed by atoms with Crippen LogP contribution < -0.4 is 15.0 Å². The van der Waals surface area contributed by atoms with Crippen LogP contribution in [0.2, 0.25) is 5.02 Å². The number of carbonyl (C=O) groups excluding carboxylic acids is 2. The van der Waals surface area contributed by atoms with E-state index in [1.165, 1.54) is 21.7 Å². The summed E-state index contributed by atoms with van der Waals surface area (Å²) < 4.78 is 6.20. The largest absolute Gasteiger partial charge is 0.487 e. The van der Waals surface area contributed by atoms with Crippen molar-refractivity contribution in [1.29, 1.82) is 5.26 Å². The van der Waals surface area contributed by atoms with Crippen molar-refractivity contribution in [1.82, 2.24) is 4.90 Å². The predicted molar refractivity (Wildman–Crippen MR) is 137 cm³/mol. The molecule has 0 aromatic heterocycles. The van der Waals surface area contributed by atoms with Gasteiger partial charge in [0.25, 0.3) is 0 Å². The zero-order valence-corrected chi connectivity index (χ0v) is 21.0. The summed E-state index contributed by atoms with van der Waals surface area (Å²) in [4.78, 5) is 29.0. The Labute approximate surface area is 211 Å². The lowest BCUT2D eigenvalue weighted by Crippen LogP contribution is -2.49. The van der Waals surface area contributed by atoms with Gasteiger partial charge in [0.05, 0.1) is 17.6 Å². The molecule has 0 saturated carbocycles. The van der Waals surface area contributed by atoms with Gasteiger partial charge in [-0.3, -0.25) is 9.59 Å². The lowest BCUT2D eigenvalue weighted by molar-refractivity contribution is -0.139. The van der Waals surface area contributed by atoms with Crippen LogP contribution in [0.5, 0.6) is 5.75 Å². The van der Waals surface area contributed by atoms with Crippen molar-refractivity contribution in [2.75, 3.05) is 29.9 Å². The van der Waals surface area contributed by atoms with Gasteiger partial charge in [0, 0.05) is 30.9 Å². The summed E-state index contributed by atoms with van der Waals surface area (Å²) in [6.07, 6.45) is 2.98. The van der Waals surface area contributed by atoms with Crippen molar-refractivity contribution in [3.05, 3.63) is 52.5 Å². The molecule has 1 N–H and O–H groups in total. The van der Waals surface area contributed by atoms with Crippen LogP contribution in [0.3, 0.4) is 0 Å². The molecule has 35 heavy (non-hydrogen) atoms. The Bertz CT molecular complexity index is 1130. The topological polar surface area (TPSA) is 85.7 Å². The third kappa shape index (κ3) is 6.07. The Morgan fingerprint density at radius 3 is 2.60 bits per heavy atom. The zero-order chi connectivity index (χ0) is 24.9. The normalized spacial score (nSPS) is 19.8. The molecule has 2 saturated heterocycles. The Kier molecular flexibility index (Phi) is 7.82. The van der Waals surface area contributed by atoms with Gasteiger partial charge in [0.1, 0.15) is 24.3 Å². The number of nitriles is 1. The smallest absolute Gasteiger partial charge is 0.247 e. The van der Waals surface area contributed by atoms with Gasteiger partial charge < -0.3 is 19.9 Å². The van der Waals surface area contributed by atoms with Crippen molar-refractivity contribution >= 4 is 34.8 Å². The van der Waals surface area contributed by atoms with Crippen LogP contribution in [-0.2, 0) is 9.59 Å². The second-order valence-corrected chi connectivity index (χ2v) is 9.80. The number of hydrogen-bond acceptors (Lipinski definition) is 5. The summed E-state index contributed by atoms with van der Waals surface area (Å²) in [5, 5.41) is 12.2. The van der Waals surface area contributed by atoms with E-state index in [2.05, 4.69) is 42.3 Å². The highest BCUT2D eigenvalue weighted by molar-refractivity contribution is 6.32. The highest BCUT2D eigenvalue weighted by Gasteiger charge is 2.32. The van der Waals surface area contributed by atoms with E-state index in [1.54, 1.807) is 18.2 Å². The molecule has 0 spiro atoms. The molecule has 0 bridgehead atoms. The van der Waals surface area contributed by atoms with Crippen LogP contribution in [-0.4, -0.2) is 48.5 Å². The van der Waals surface area contributed by atoms with Crippen molar-refractivity contribution < 1.29 is 14.3 Å². The third-order valence-electron chi connectivity index (χ3n) is 6.57. The Morgan fingerprint density at radius 2 is 1.89 bits per heavy atom. The number of likely N-dealkylation sites (tertiary alicyclic amines) is 1. The number of hydrogen-bond donors (Lipinski definition) is 1. The highest BCUT2D eigenvalue weighted by Crippen LogP contribution is 2.32. The van der Waals surface area contributed by atoms with Crippen LogP contribution in [0.15, 0.2) is 36.4 Å². The van der Waals surface area contributed by atoms with Crippen molar-refractivity contribution in [3.8, 4) is 11.8 Å². The predicted octanol–water partition coefficient (Wildman–Crippen LogP) is 4.85. The van der Waals surface area contributed by atoms with E-state index in [-0.39, 0.29) is 24.3 Å². The van der Waals surface area contributed by atoms with Crippen LogP contribution in [0.4, 0.5) is 11.4 Å². The number of benzene rings is 2. The molecule has 2 aliphatic rings. The molecule has 184 valence electrons. The molecule has 0 aliphatic carbocycles. The summed E-state index contributed by atoms with van der Waals surface area (Å²) in [5.74, 6) is 0.0154. The minimum atomic E-state index is -0.575. The molecule has 2 atom stereocenters. The molecular formula is C27H31ClN4O3. The van der Waals surface area contributed by atoms with Gasteiger partial charge in [-0.2, -0.15) is 5.26 Å². The summed E-state index contributed by atoms with van der Waals surface area (Å²) in [6, 6.07) is 13.1. The maximum Gasteiger partial charge on any atom is 0.247 e. The molecule has 2 amide bonds. The van der Waals surface area contributed by atoms with E-state index in [0.29, 0.717) is 29.4 Å². The van der Waals surface area contributed by atoms with Crippen LogP contribution >= 0.6 is 11.6 Å². The summed E-state index contributed by atoms with van der Waals surface area (Å²) >= 11 is 6.50. The van der Waals surface area contributed by atoms with Crippen LogP contribution in [0, 0.1) is 25.2 Å². The molecule has 2 aromatic rings. The minimum Gasteiger partial charge on any atom is -0.487 e. The lowest BCUT2D eigenvalue weighted by Gasteiger charge is -2.34. The van der Waals surface area contributed by atoms with Gasteiger partial charge in [-0.1, -0.05) is 17.7 Å². The van der Waals surface area contributed by atoms with Gasteiger partial charge in [-0.15, -0.1) is 0 Å². The number of nitrogens with one attached hydrogen (secondary N) is 1. The maximum atomic E-state index is 12.9. The van der Waals surface area contributed by atoms with Gasteiger partial charge >= 0.3 is 0 Å². The molecule has 0 unspecified atom stereocenters. The average Bonchev–Trinajstić information content (AvgIpc) is 3.29. The first kappa shape index (κ1) is 24.9. The van der Waals surface area contributed by atoms with Gasteiger partial charge in [0.15, 0.2) is 0 Å². The molecule has 0 radical (unpaired) electrons. The number of ether oxygens (including phenoxy) is 1. The molecule has 2 fully saturated rings. The Hall–Kier alpha value is -3.24. The number of piperidine rings is 1. The van der Waals surface area contributed by atoms with Crippen LogP contribution in [0.25, 0.3) is 0 Å². The summed E-state index contributed by atoms with van der Waals surface area (Å²) in [6.45, 7) is 6.41. The monoisotopic (exact) mass is 494 g/mol. The summed E-state index contributed by atoms with van der Waals surface area (Å²) in [5.41, 5.74) is 4.25. The van der Waals surface area contributed by atoms with E-state index >= 15 is 0 Å². The number of carbonyl (C=O) groups is 2. The second-order valence-electron chi connectivity index (χ2n) is 9.39. The fourth-order valence-corrected chi connectivity index (χ4v) is 5.17. The summed E-state index contributed by atoms with van der Waals surface area (Å²) in [7, 11) is 0. The first-order chi connectivity index (χ1) is 16.8. The molecule has 2 heterocycles. The zero-order valence-electron chi connectivity index (χ0n) is 20.2. The first-order valence-electron chi connectivity index (χ1n) is 12.1. The minimum absolute atomic E-state index is 0.0238. The van der Waals surface area contributed by atoms with E-state index in [9.17, 15) is 9.59 Å². The van der Waals surface area contributed by atoms with Crippen LogP contribution in [0.1, 0.15) is 43.2 Å².